The van der Waals surface area contributed by atoms with Crippen LogP contribution >= 0.6 is 0 Å². The smallest absolute Gasteiger partial charge is 0.0533 e. The average Bonchev–Trinajstić information content (AvgIpc) is 1.66. The molecule has 0 saturated carbocycles. The van der Waals surface area contributed by atoms with Crippen LogP contribution in [0.1, 0.15) is 13.3 Å². The van der Waals surface area contributed by atoms with E-state index in [1.807, 2.05) is 0 Å². The van der Waals surface area contributed by atoms with Gasteiger partial charge in [0, 0.05) is 0 Å². The van der Waals surface area contributed by atoms with Gasteiger partial charge < -0.3 is 16.8 Å². The summed E-state index contributed by atoms with van der Waals surface area (Å²) in [7, 11) is 0. The lowest BCUT2D eigenvalue weighted by atomic mass is 10.3. The van der Waals surface area contributed by atoms with E-state index in [0.717, 1.165) is 19.5 Å². The summed E-state index contributed by atoms with van der Waals surface area (Å²) in [6.45, 7) is 3.98. The lowest BCUT2D eigenvalue weighted by molar-refractivity contribution is 0.586. The van der Waals surface area contributed by atoms with E-state index in [0.29, 0.717) is 0 Å². The fourth-order valence-electron chi connectivity index (χ4n) is 0.446. The Morgan fingerprint density at radius 3 is 2.50 bits per heavy atom. The topological polar surface area (TPSA) is 64.1 Å². The van der Waals surface area contributed by atoms with Crippen molar-refractivity contribution in [3.8, 4) is 0 Å². The van der Waals surface area contributed by atoms with Crippen molar-refractivity contribution in [3.05, 3.63) is 0 Å². The maximum Gasteiger partial charge on any atom is 0.0533 e. The second kappa shape index (κ2) is 5.03. The Kier molecular flexibility index (Phi) is 4.95. The summed E-state index contributed by atoms with van der Waals surface area (Å²) in [6, 6.07) is 0. The molecule has 50 valence electrons. The molecule has 0 rings (SSSR count). The molecule has 0 aromatic carbocycles. The molecule has 3 nitrogen and oxygen atoms in total. The molecule has 0 aromatic heterocycles. The number of nitrogens with one attached hydrogen (secondary N) is 1. The highest BCUT2D eigenvalue weighted by Gasteiger charge is 1.89. The maximum atomic E-state index is 5.27. The van der Waals surface area contributed by atoms with E-state index in [4.69, 9.17) is 11.5 Å². The Hall–Kier alpha value is -0.120. The Bertz CT molecular complexity index is 44.9. The van der Waals surface area contributed by atoms with Gasteiger partial charge in [0.05, 0.1) is 6.17 Å². The van der Waals surface area contributed by atoms with E-state index in [1.165, 1.54) is 0 Å². The fraction of sp³-hybridized carbons (Fsp3) is 1.00. The molecular weight excluding hydrogens is 102 g/mol. The average molecular weight is 117 g/mol. The van der Waals surface area contributed by atoms with Crippen molar-refractivity contribution in [2.75, 3.05) is 13.1 Å². The SMILES string of the molecule is CCNCCC(N)N. The minimum Gasteiger partial charge on any atom is -0.317 e. The molecule has 0 aromatic rings. The standard InChI is InChI=1S/C5H15N3/c1-2-8-4-3-5(6)7/h5,8H,2-4,6-7H2,1H3. The van der Waals surface area contributed by atoms with Crippen LogP contribution in [0.25, 0.3) is 0 Å². The van der Waals surface area contributed by atoms with Crippen LogP contribution in [0, 0.1) is 0 Å². The van der Waals surface area contributed by atoms with Crippen LogP contribution in [0.3, 0.4) is 0 Å². The number of nitrogens with two attached hydrogens (primary N) is 2. The molecule has 0 amide bonds. The van der Waals surface area contributed by atoms with Gasteiger partial charge >= 0.3 is 0 Å². The summed E-state index contributed by atoms with van der Waals surface area (Å²) in [4.78, 5) is 0. The lowest BCUT2D eigenvalue weighted by Gasteiger charge is -2.03. The third-order valence-electron chi connectivity index (χ3n) is 0.904. The Morgan fingerprint density at radius 2 is 2.12 bits per heavy atom. The summed E-state index contributed by atoms with van der Waals surface area (Å²) in [6.07, 6.45) is 0.697. The van der Waals surface area contributed by atoms with Gasteiger partial charge in [-0.05, 0) is 19.5 Å². The molecule has 0 aliphatic carbocycles. The van der Waals surface area contributed by atoms with Crippen LogP contribution in [0.5, 0.6) is 0 Å². The monoisotopic (exact) mass is 117 g/mol. The highest BCUT2D eigenvalue weighted by Crippen LogP contribution is 1.73. The van der Waals surface area contributed by atoms with Crippen LogP contribution in [-0.2, 0) is 0 Å². The zero-order valence-corrected chi connectivity index (χ0v) is 5.35. The predicted molar refractivity (Wildman–Crippen MR) is 35.3 cm³/mol. The van der Waals surface area contributed by atoms with E-state index in [1.54, 1.807) is 0 Å². The largest absolute Gasteiger partial charge is 0.317 e. The first-order valence-corrected chi connectivity index (χ1v) is 2.99. The number of hydrogen-bond donors (Lipinski definition) is 3. The van der Waals surface area contributed by atoms with Gasteiger partial charge in [0.25, 0.3) is 0 Å². The summed E-state index contributed by atoms with van der Waals surface area (Å²) >= 11 is 0. The van der Waals surface area contributed by atoms with E-state index in [-0.39, 0.29) is 6.17 Å². The van der Waals surface area contributed by atoms with Gasteiger partial charge in [-0.25, -0.2) is 0 Å². The van der Waals surface area contributed by atoms with Crippen molar-refractivity contribution in [2.24, 2.45) is 11.5 Å². The van der Waals surface area contributed by atoms with Gasteiger partial charge in [0.2, 0.25) is 0 Å². The molecule has 0 bridgehead atoms. The first-order chi connectivity index (χ1) is 3.77. The van der Waals surface area contributed by atoms with Crippen LogP contribution < -0.4 is 16.8 Å². The molecule has 3 heteroatoms. The molecule has 0 atom stereocenters. The zero-order chi connectivity index (χ0) is 6.41. The zero-order valence-electron chi connectivity index (χ0n) is 5.35. The van der Waals surface area contributed by atoms with E-state index >= 15 is 0 Å². The highest BCUT2D eigenvalue weighted by atomic mass is 14.9. The Balaban J connectivity index is 2.72. The molecule has 5 N–H and O–H groups in total. The molecule has 0 saturated heterocycles. The Labute approximate surface area is 50.4 Å². The minimum atomic E-state index is -0.158. The molecule has 0 fully saturated rings. The lowest BCUT2D eigenvalue weighted by Crippen LogP contribution is -2.34. The minimum absolute atomic E-state index is 0.158. The molecule has 0 aliphatic rings. The predicted octanol–water partition coefficient (Wildman–Crippen LogP) is -0.770. The summed E-state index contributed by atoms with van der Waals surface area (Å²) in [5.74, 6) is 0. The van der Waals surface area contributed by atoms with Gasteiger partial charge in [-0.3, -0.25) is 0 Å². The summed E-state index contributed by atoms with van der Waals surface area (Å²) < 4.78 is 0. The molecule has 0 radical (unpaired) electrons. The number of rotatable bonds is 4. The third kappa shape index (κ3) is 5.88. The van der Waals surface area contributed by atoms with Gasteiger partial charge in [-0.1, -0.05) is 6.92 Å². The van der Waals surface area contributed by atoms with Crippen LogP contribution in [0.4, 0.5) is 0 Å². The first-order valence-electron chi connectivity index (χ1n) is 2.99. The van der Waals surface area contributed by atoms with Crippen molar-refractivity contribution >= 4 is 0 Å². The quantitative estimate of drug-likeness (QED) is 0.334. The highest BCUT2D eigenvalue weighted by molar-refractivity contribution is 4.52. The second-order valence-electron chi connectivity index (χ2n) is 1.81. The van der Waals surface area contributed by atoms with Crippen molar-refractivity contribution < 1.29 is 0 Å². The van der Waals surface area contributed by atoms with Crippen molar-refractivity contribution in [2.45, 2.75) is 19.5 Å². The third-order valence-corrected chi connectivity index (χ3v) is 0.904. The van der Waals surface area contributed by atoms with Crippen LogP contribution in [0.2, 0.25) is 0 Å². The second-order valence-corrected chi connectivity index (χ2v) is 1.81. The molecule has 0 unspecified atom stereocenters. The first kappa shape index (κ1) is 7.88. The summed E-state index contributed by atoms with van der Waals surface area (Å²) in [5, 5.41) is 3.12. The van der Waals surface area contributed by atoms with Crippen LogP contribution in [0.15, 0.2) is 0 Å². The number of hydrogen-bond acceptors (Lipinski definition) is 3. The van der Waals surface area contributed by atoms with Crippen molar-refractivity contribution in [1.29, 1.82) is 0 Å². The summed E-state index contributed by atoms with van der Waals surface area (Å²) in [5.41, 5.74) is 10.5. The van der Waals surface area contributed by atoms with Gasteiger partial charge in [0.1, 0.15) is 0 Å². The van der Waals surface area contributed by atoms with Gasteiger partial charge in [-0.15, -0.1) is 0 Å². The molecule has 0 heterocycles. The van der Waals surface area contributed by atoms with Crippen molar-refractivity contribution in [3.63, 3.8) is 0 Å². The fourth-order valence-corrected chi connectivity index (χ4v) is 0.446. The Morgan fingerprint density at radius 1 is 1.50 bits per heavy atom. The molecular formula is C5H15N3. The molecule has 0 aliphatic heterocycles. The van der Waals surface area contributed by atoms with Gasteiger partial charge in [-0.2, -0.15) is 0 Å². The van der Waals surface area contributed by atoms with E-state index in [9.17, 15) is 0 Å². The van der Waals surface area contributed by atoms with Crippen LogP contribution in [-0.4, -0.2) is 19.3 Å². The van der Waals surface area contributed by atoms with E-state index < -0.39 is 0 Å². The van der Waals surface area contributed by atoms with E-state index in [2.05, 4.69) is 12.2 Å². The maximum absolute atomic E-state index is 5.27. The van der Waals surface area contributed by atoms with Crippen molar-refractivity contribution in [1.82, 2.24) is 5.32 Å². The molecule has 0 spiro atoms. The normalized spacial score (nSPS) is 10.5. The van der Waals surface area contributed by atoms with Gasteiger partial charge in [0.15, 0.2) is 0 Å². The molecule has 8 heavy (non-hydrogen) atoms.